The number of nitro groups is 1. The summed E-state index contributed by atoms with van der Waals surface area (Å²) in [5, 5.41) is 21.6. The number of phenols is 1. The first kappa shape index (κ1) is 19.1. The zero-order chi connectivity index (χ0) is 21.6. The molecule has 1 N–H and O–H groups in total. The number of carbonyl (C=O) groups excluding carboxylic acids is 3. The second kappa shape index (κ2) is 6.96. The molecular weight excluding hydrogens is 392 g/mol. The monoisotopic (exact) mass is 406 g/mol. The lowest BCUT2D eigenvalue weighted by Crippen LogP contribution is -2.40. The van der Waals surface area contributed by atoms with Crippen LogP contribution in [-0.4, -0.2) is 34.4 Å². The first-order valence-corrected chi connectivity index (χ1v) is 8.94. The van der Waals surface area contributed by atoms with E-state index in [0.29, 0.717) is 0 Å². The molecule has 0 fully saturated rings. The Bertz CT molecular complexity index is 1250. The van der Waals surface area contributed by atoms with E-state index in [1.54, 1.807) is 6.92 Å². The molecule has 0 bridgehead atoms. The van der Waals surface area contributed by atoms with Crippen LogP contribution < -0.4 is 4.90 Å². The van der Waals surface area contributed by atoms with Gasteiger partial charge in [0.05, 0.1) is 33.7 Å². The van der Waals surface area contributed by atoms with Gasteiger partial charge in [0.15, 0.2) is 5.75 Å². The number of hydrogen-bond acceptors (Lipinski definition) is 7. The van der Waals surface area contributed by atoms with E-state index in [0.717, 1.165) is 11.0 Å². The average molecular weight is 406 g/mol. The van der Waals surface area contributed by atoms with Crippen LogP contribution in [0.5, 0.6) is 5.75 Å². The molecule has 0 unspecified atom stereocenters. The number of ether oxygens (including phenoxy) is 1. The van der Waals surface area contributed by atoms with Gasteiger partial charge in [0.1, 0.15) is 0 Å². The summed E-state index contributed by atoms with van der Waals surface area (Å²) < 4.78 is 4.91. The molecule has 3 aromatic carbocycles. The van der Waals surface area contributed by atoms with Crippen LogP contribution in [0.1, 0.15) is 38.0 Å². The number of esters is 1. The van der Waals surface area contributed by atoms with E-state index in [4.69, 9.17) is 4.74 Å². The van der Waals surface area contributed by atoms with E-state index < -0.39 is 34.1 Å². The van der Waals surface area contributed by atoms with Crippen molar-refractivity contribution in [3.05, 3.63) is 75.3 Å². The molecule has 2 amide bonds. The number of amides is 2. The largest absolute Gasteiger partial charge is 0.502 e. The smallest absolute Gasteiger partial charge is 0.338 e. The van der Waals surface area contributed by atoms with E-state index in [9.17, 15) is 29.6 Å². The number of carbonyl (C=O) groups is 3. The van der Waals surface area contributed by atoms with E-state index in [1.807, 2.05) is 0 Å². The second-order valence-electron chi connectivity index (χ2n) is 6.49. The van der Waals surface area contributed by atoms with Crippen molar-refractivity contribution in [1.82, 2.24) is 0 Å². The van der Waals surface area contributed by atoms with Gasteiger partial charge in [0, 0.05) is 17.0 Å². The summed E-state index contributed by atoms with van der Waals surface area (Å²) in [7, 11) is 0. The number of nitro benzene ring substituents is 1. The topological polar surface area (TPSA) is 127 Å². The quantitative estimate of drug-likeness (QED) is 0.304. The molecule has 0 aromatic heterocycles. The lowest BCUT2D eigenvalue weighted by Gasteiger charge is -2.27. The van der Waals surface area contributed by atoms with Gasteiger partial charge in [-0.1, -0.05) is 6.07 Å². The number of phenolic OH excluding ortho intramolecular Hbond substituents is 1. The van der Waals surface area contributed by atoms with Gasteiger partial charge in [-0.05, 0) is 43.3 Å². The highest BCUT2D eigenvalue weighted by Gasteiger charge is 2.37. The van der Waals surface area contributed by atoms with Crippen LogP contribution in [0.15, 0.2) is 48.5 Å². The minimum atomic E-state index is -0.756. The first-order valence-electron chi connectivity index (χ1n) is 8.94. The molecule has 0 saturated carbocycles. The Morgan fingerprint density at radius 3 is 2.40 bits per heavy atom. The third-order valence-electron chi connectivity index (χ3n) is 4.80. The SMILES string of the molecule is CCOC(=O)c1ccc(N2C(=O)c3cccc4c([N+](=O)[O-])c(O)cc(c34)C2=O)cc1. The molecule has 3 aromatic rings. The summed E-state index contributed by atoms with van der Waals surface area (Å²) >= 11 is 0. The second-order valence-corrected chi connectivity index (χ2v) is 6.49. The fraction of sp³-hybridized carbons (Fsp3) is 0.0952. The minimum absolute atomic E-state index is 0.00603. The molecular formula is C21H14N2O7. The Kier molecular flexibility index (Phi) is 4.42. The molecule has 150 valence electrons. The van der Waals surface area contributed by atoms with Gasteiger partial charge in [-0.25, -0.2) is 9.69 Å². The van der Waals surface area contributed by atoms with E-state index in [-0.39, 0.29) is 39.8 Å². The maximum Gasteiger partial charge on any atom is 0.338 e. The molecule has 1 heterocycles. The van der Waals surface area contributed by atoms with Crippen LogP contribution in [0.3, 0.4) is 0 Å². The molecule has 1 aliphatic rings. The van der Waals surface area contributed by atoms with Gasteiger partial charge in [-0.2, -0.15) is 0 Å². The van der Waals surface area contributed by atoms with Crippen molar-refractivity contribution in [2.75, 3.05) is 11.5 Å². The maximum absolute atomic E-state index is 13.1. The van der Waals surface area contributed by atoms with Crippen LogP contribution >= 0.6 is 0 Å². The Hall–Kier alpha value is -4.27. The van der Waals surface area contributed by atoms with Crippen LogP contribution in [0.25, 0.3) is 10.8 Å². The van der Waals surface area contributed by atoms with Gasteiger partial charge in [-0.15, -0.1) is 0 Å². The Morgan fingerprint density at radius 2 is 1.77 bits per heavy atom. The molecule has 1 aliphatic heterocycles. The number of hydrogen-bond donors (Lipinski definition) is 1. The summed E-state index contributed by atoms with van der Waals surface area (Å²) in [6.07, 6.45) is 0. The molecule has 0 spiro atoms. The number of imide groups is 1. The summed E-state index contributed by atoms with van der Waals surface area (Å²) in [5.41, 5.74) is -0.0345. The number of aromatic hydroxyl groups is 1. The third kappa shape index (κ3) is 2.75. The van der Waals surface area contributed by atoms with Gasteiger partial charge in [0.2, 0.25) is 0 Å². The fourth-order valence-electron chi connectivity index (χ4n) is 3.52. The van der Waals surface area contributed by atoms with Gasteiger partial charge >= 0.3 is 11.7 Å². The Labute approximate surface area is 169 Å². The molecule has 0 saturated heterocycles. The first-order chi connectivity index (χ1) is 14.3. The lowest BCUT2D eigenvalue weighted by molar-refractivity contribution is -0.384. The Morgan fingerprint density at radius 1 is 1.10 bits per heavy atom. The number of nitrogens with zero attached hydrogens (tertiary/aromatic N) is 2. The summed E-state index contributed by atoms with van der Waals surface area (Å²) in [6, 6.07) is 11.0. The van der Waals surface area contributed by atoms with Crippen LogP contribution in [0.4, 0.5) is 11.4 Å². The van der Waals surface area contributed by atoms with Crippen LogP contribution in [0.2, 0.25) is 0 Å². The highest BCUT2D eigenvalue weighted by atomic mass is 16.6. The fourth-order valence-corrected chi connectivity index (χ4v) is 3.52. The van der Waals surface area contributed by atoms with Crippen molar-refractivity contribution < 1.29 is 29.2 Å². The normalized spacial score (nSPS) is 12.9. The molecule has 9 heteroatoms. The number of benzene rings is 3. The summed E-state index contributed by atoms with van der Waals surface area (Å²) in [5.74, 6) is -2.60. The number of anilines is 1. The van der Waals surface area contributed by atoms with Crippen molar-refractivity contribution in [1.29, 1.82) is 0 Å². The summed E-state index contributed by atoms with van der Waals surface area (Å²) in [4.78, 5) is 49.5. The van der Waals surface area contributed by atoms with Gasteiger partial charge in [0.25, 0.3) is 11.8 Å². The van der Waals surface area contributed by atoms with E-state index >= 15 is 0 Å². The predicted molar refractivity (Wildman–Crippen MR) is 106 cm³/mol. The number of rotatable bonds is 4. The Balaban J connectivity index is 1.86. The van der Waals surface area contributed by atoms with Gasteiger partial charge < -0.3 is 9.84 Å². The van der Waals surface area contributed by atoms with Gasteiger partial charge in [-0.3, -0.25) is 19.7 Å². The molecule has 9 nitrogen and oxygen atoms in total. The van der Waals surface area contributed by atoms with Crippen LogP contribution in [0, 0.1) is 10.1 Å². The molecule has 30 heavy (non-hydrogen) atoms. The average Bonchev–Trinajstić information content (AvgIpc) is 2.72. The summed E-state index contributed by atoms with van der Waals surface area (Å²) in [6.45, 7) is 1.88. The lowest BCUT2D eigenvalue weighted by atomic mass is 9.92. The van der Waals surface area contributed by atoms with E-state index in [2.05, 4.69) is 0 Å². The van der Waals surface area contributed by atoms with E-state index in [1.165, 1.54) is 42.5 Å². The highest BCUT2D eigenvalue weighted by molar-refractivity contribution is 6.36. The minimum Gasteiger partial charge on any atom is -0.502 e. The van der Waals surface area contributed by atoms with Crippen molar-refractivity contribution in [3.63, 3.8) is 0 Å². The maximum atomic E-state index is 13.1. The van der Waals surface area contributed by atoms with Crippen molar-refractivity contribution in [3.8, 4) is 5.75 Å². The standard InChI is InChI=1S/C21H14N2O7/c1-2-30-21(27)11-6-8-12(9-7-11)22-19(25)14-5-3-4-13-17(14)15(20(22)26)10-16(24)18(13)23(28)29/h3-10,24H,2H2,1H3. The molecule has 0 aliphatic carbocycles. The molecule has 0 radical (unpaired) electrons. The van der Waals surface area contributed by atoms with Crippen molar-refractivity contribution in [2.24, 2.45) is 0 Å². The van der Waals surface area contributed by atoms with Crippen LogP contribution in [-0.2, 0) is 4.74 Å². The molecule has 4 rings (SSSR count). The van der Waals surface area contributed by atoms with Crippen molar-refractivity contribution in [2.45, 2.75) is 6.92 Å². The highest BCUT2D eigenvalue weighted by Crippen LogP contribution is 2.41. The van der Waals surface area contributed by atoms with Crippen molar-refractivity contribution >= 4 is 39.9 Å². The molecule has 0 atom stereocenters. The predicted octanol–water partition coefficient (Wildman–Crippen LogP) is 3.43. The zero-order valence-electron chi connectivity index (χ0n) is 15.6. The zero-order valence-corrected chi connectivity index (χ0v) is 15.6. The third-order valence-corrected chi connectivity index (χ3v) is 4.80.